The van der Waals surface area contributed by atoms with E-state index in [1.807, 2.05) is 12.1 Å². The molecule has 2 rings (SSSR count). The van der Waals surface area contributed by atoms with Gasteiger partial charge in [0.15, 0.2) is 0 Å². The maximum absolute atomic E-state index is 11.7. The van der Waals surface area contributed by atoms with Crippen molar-refractivity contribution in [3.8, 4) is 0 Å². The van der Waals surface area contributed by atoms with Crippen molar-refractivity contribution in [1.82, 2.24) is 4.98 Å². The highest BCUT2D eigenvalue weighted by molar-refractivity contribution is 14.1. The van der Waals surface area contributed by atoms with E-state index in [1.54, 1.807) is 24.3 Å². The van der Waals surface area contributed by atoms with Gasteiger partial charge >= 0.3 is 5.97 Å². The lowest BCUT2D eigenvalue weighted by Gasteiger charge is -2.04. The van der Waals surface area contributed by atoms with Crippen LogP contribution in [0.25, 0.3) is 0 Å². The maximum atomic E-state index is 11.7. The number of carbonyl (C=O) groups excluding carboxylic acids is 1. The molecule has 2 aromatic rings. The fraction of sp³-hybridized carbons (Fsp3) is 0.0769. The third-order valence-electron chi connectivity index (χ3n) is 2.34. The highest BCUT2D eigenvalue weighted by Gasteiger charge is 2.08. The van der Waals surface area contributed by atoms with E-state index in [-0.39, 0.29) is 12.2 Å². The SMILES string of the molecule is O=C(OCc1ccc[nH]c1=O)c1ccc(I)cc1. The van der Waals surface area contributed by atoms with Gasteiger partial charge in [0.1, 0.15) is 6.61 Å². The molecule has 0 saturated heterocycles. The molecular formula is C13H10INO3. The van der Waals surface area contributed by atoms with Crippen molar-refractivity contribution in [2.45, 2.75) is 6.61 Å². The molecule has 18 heavy (non-hydrogen) atoms. The average Bonchev–Trinajstić information content (AvgIpc) is 2.38. The number of hydrogen-bond acceptors (Lipinski definition) is 3. The Labute approximate surface area is 117 Å². The van der Waals surface area contributed by atoms with E-state index < -0.39 is 5.97 Å². The van der Waals surface area contributed by atoms with Crippen molar-refractivity contribution in [3.05, 3.63) is 67.6 Å². The number of aromatic nitrogens is 1. The molecule has 92 valence electrons. The van der Waals surface area contributed by atoms with E-state index in [0.29, 0.717) is 11.1 Å². The van der Waals surface area contributed by atoms with Gasteiger partial charge in [0.05, 0.1) is 11.1 Å². The van der Waals surface area contributed by atoms with Crippen LogP contribution in [0.15, 0.2) is 47.4 Å². The van der Waals surface area contributed by atoms with Gasteiger partial charge in [-0.15, -0.1) is 0 Å². The number of nitrogens with one attached hydrogen (secondary N) is 1. The van der Waals surface area contributed by atoms with Crippen molar-refractivity contribution < 1.29 is 9.53 Å². The molecule has 0 amide bonds. The number of ether oxygens (including phenoxy) is 1. The standard InChI is InChI=1S/C13H10INO3/c14-11-5-3-9(4-6-11)13(17)18-8-10-2-1-7-15-12(10)16/h1-7H,8H2,(H,15,16). The van der Waals surface area contributed by atoms with Gasteiger partial charge in [0.2, 0.25) is 0 Å². The molecule has 0 spiro atoms. The third kappa shape index (κ3) is 3.19. The van der Waals surface area contributed by atoms with Crippen LogP contribution < -0.4 is 5.56 Å². The Hall–Kier alpha value is -1.63. The highest BCUT2D eigenvalue weighted by Crippen LogP contribution is 2.08. The van der Waals surface area contributed by atoms with Crippen LogP contribution in [0, 0.1) is 3.57 Å². The second kappa shape index (κ2) is 5.81. The molecule has 0 unspecified atom stereocenters. The average molecular weight is 355 g/mol. The highest BCUT2D eigenvalue weighted by atomic mass is 127. The molecule has 0 aliphatic rings. The van der Waals surface area contributed by atoms with Crippen LogP contribution in [-0.4, -0.2) is 11.0 Å². The summed E-state index contributed by atoms with van der Waals surface area (Å²) in [6.07, 6.45) is 1.53. The summed E-state index contributed by atoms with van der Waals surface area (Å²) in [5, 5.41) is 0. The molecule has 0 atom stereocenters. The van der Waals surface area contributed by atoms with Gasteiger partial charge in [-0.1, -0.05) is 0 Å². The van der Waals surface area contributed by atoms with Crippen LogP contribution in [0.3, 0.4) is 0 Å². The Balaban J connectivity index is 2.03. The first-order chi connectivity index (χ1) is 8.66. The van der Waals surface area contributed by atoms with Crippen molar-refractivity contribution >= 4 is 28.6 Å². The van der Waals surface area contributed by atoms with E-state index in [0.717, 1.165) is 3.57 Å². The molecule has 1 aromatic heterocycles. The first-order valence-corrected chi connectivity index (χ1v) is 6.34. The van der Waals surface area contributed by atoms with Crippen molar-refractivity contribution in [2.24, 2.45) is 0 Å². The van der Waals surface area contributed by atoms with E-state index in [4.69, 9.17) is 4.74 Å². The summed E-state index contributed by atoms with van der Waals surface area (Å²) < 4.78 is 6.12. The zero-order chi connectivity index (χ0) is 13.0. The summed E-state index contributed by atoms with van der Waals surface area (Å²) >= 11 is 2.16. The Morgan fingerprint density at radius 1 is 1.22 bits per heavy atom. The topological polar surface area (TPSA) is 59.2 Å². The van der Waals surface area contributed by atoms with Crippen LogP contribution in [0.4, 0.5) is 0 Å². The molecule has 0 saturated carbocycles. The quantitative estimate of drug-likeness (QED) is 0.679. The molecule has 0 radical (unpaired) electrons. The molecular weight excluding hydrogens is 345 g/mol. The molecule has 0 fully saturated rings. The number of aromatic amines is 1. The normalized spacial score (nSPS) is 10.1. The molecule has 0 aliphatic heterocycles. The third-order valence-corrected chi connectivity index (χ3v) is 3.06. The van der Waals surface area contributed by atoms with E-state index >= 15 is 0 Å². The van der Waals surface area contributed by atoms with Crippen molar-refractivity contribution in [3.63, 3.8) is 0 Å². The first-order valence-electron chi connectivity index (χ1n) is 5.26. The van der Waals surface area contributed by atoms with Crippen LogP contribution >= 0.6 is 22.6 Å². The van der Waals surface area contributed by atoms with E-state index in [9.17, 15) is 9.59 Å². The Morgan fingerprint density at radius 2 is 1.94 bits per heavy atom. The van der Waals surface area contributed by atoms with Gasteiger partial charge in [-0.25, -0.2) is 4.79 Å². The summed E-state index contributed by atoms with van der Waals surface area (Å²) in [5.41, 5.74) is 0.659. The largest absolute Gasteiger partial charge is 0.457 e. The van der Waals surface area contributed by atoms with E-state index in [1.165, 1.54) is 6.20 Å². The number of benzene rings is 1. The van der Waals surface area contributed by atoms with Gasteiger partial charge in [0, 0.05) is 9.77 Å². The minimum atomic E-state index is -0.436. The molecule has 4 nitrogen and oxygen atoms in total. The van der Waals surface area contributed by atoms with Crippen molar-refractivity contribution in [2.75, 3.05) is 0 Å². The van der Waals surface area contributed by atoms with Gasteiger partial charge < -0.3 is 9.72 Å². The molecule has 1 aromatic carbocycles. The second-order valence-electron chi connectivity index (χ2n) is 3.61. The summed E-state index contributed by atoms with van der Waals surface area (Å²) in [6, 6.07) is 10.4. The maximum Gasteiger partial charge on any atom is 0.338 e. The predicted octanol–water partition coefficient (Wildman–Crippen LogP) is 2.34. The second-order valence-corrected chi connectivity index (χ2v) is 4.85. The molecule has 5 heteroatoms. The van der Waals surface area contributed by atoms with Crippen molar-refractivity contribution in [1.29, 1.82) is 0 Å². The zero-order valence-electron chi connectivity index (χ0n) is 9.35. The smallest absolute Gasteiger partial charge is 0.338 e. The Kier molecular flexibility index (Phi) is 4.14. The summed E-state index contributed by atoms with van der Waals surface area (Å²) in [4.78, 5) is 25.6. The van der Waals surface area contributed by atoms with Gasteiger partial charge in [-0.3, -0.25) is 4.79 Å². The lowest BCUT2D eigenvalue weighted by molar-refractivity contribution is 0.0471. The minimum Gasteiger partial charge on any atom is -0.457 e. The fourth-order valence-electron chi connectivity index (χ4n) is 1.38. The Morgan fingerprint density at radius 3 is 2.61 bits per heavy atom. The van der Waals surface area contributed by atoms with Crippen LogP contribution in [0.1, 0.15) is 15.9 Å². The number of hydrogen-bond donors (Lipinski definition) is 1. The number of pyridine rings is 1. The lowest BCUT2D eigenvalue weighted by atomic mass is 10.2. The first kappa shape index (κ1) is 12.8. The van der Waals surface area contributed by atoms with Crippen LogP contribution in [0.5, 0.6) is 0 Å². The fourth-order valence-corrected chi connectivity index (χ4v) is 1.74. The molecule has 0 aliphatic carbocycles. The van der Waals surface area contributed by atoms with Crippen LogP contribution in [0.2, 0.25) is 0 Å². The van der Waals surface area contributed by atoms with E-state index in [2.05, 4.69) is 27.6 Å². The van der Waals surface area contributed by atoms with Gasteiger partial charge in [-0.2, -0.15) is 0 Å². The van der Waals surface area contributed by atoms with Crippen LogP contribution in [-0.2, 0) is 11.3 Å². The summed E-state index contributed by atoms with van der Waals surface area (Å²) in [5.74, 6) is -0.436. The number of H-pyrrole nitrogens is 1. The lowest BCUT2D eigenvalue weighted by Crippen LogP contribution is -2.14. The molecule has 1 heterocycles. The van der Waals surface area contributed by atoms with Gasteiger partial charge in [0.25, 0.3) is 5.56 Å². The number of halogens is 1. The molecule has 1 N–H and O–H groups in total. The monoisotopic (exact) mass is 355 g/mol. The summed E-state index contributed by atoms with van der Waals surface area (Å²) in [7, 11) is 0. The molecule has 0 bridgehead atoms. The minimum absolute atomic E-state index is 0.0268. The van der Waals surface area contributed by atoms with Gasteiger partial charge in [-0.05, 0) is 59.0 Å². The predicted molar refractivity (Wildman–Crippen MR) is 75.3 cm³/mol. The number of rotatable bonds is 3. The Bertz CT molecular complexity index is 604. The number of carbonyl (C=O) groups is 1. The summed E-state index contributed by atoms with van der Waals surface area (Å²) in [6.45, 7) is -0.0268. The number of esters is 1. The zero-order valence-corrected chi connectivity index (χ0v) is 11.5.